The van der Waals surface area contributed by atoms with Crippen LogP contribution < -0.4 is 0 Å². The summed E-state index contributed by atoms with van der Waals surface area (Å²) in [6, 6.07) is 1.95. The first-order chi connectivity index (χ1) is 8.95. The molecule has 102 valence electrons. The largest absolute Gasteiger partial charge is 0.476 e. The van der Waals surface area contributed by atoms with E-state index in [0.29, 0.717) is 6.54 Å². The van der Waals surface area contributed by atoms with Crippen molar-refractivity contribution >= 4 is 11.9 Å². The van der Waals surface area contributed by atoms with Crippen molar-refractivity contribution in [3.05, 3.63) is 11.9 Å². The summed E-state index contributed by atoms with van der Waals surface area (Å²) in [7, 11) is 0. The molecule has 1 aromatic rings. The van der Waals surface area contributed by atoms with Gasteiger partial charge in [0, 0.05) is 12.6 Å². The van der Waals surface area contributed by atoms with Gasteiger partial charge in [0.15, 0.2) is 5.69 Å². The summed E-state index contributed by atoms with van der Waals surface area (Å²) < 4.78 is 1.17. The van der Waals surface area contributed by atoms with Crippen molar-refractivity contribution in [2.24, 2.45) is 0 Å². The Labute approximate surface area is 110 Å². The van der Waals surface area contributed by atoms with Gasteiger partial charge in [-0.15, -0.1) is 5.10 Å². The van der Waals surface area contributed by atoms with Gasteiger partial charge in [0.1, 0.15) is 6.54 Å². The standard InChI is InChI=1S/C11H15N5O3/c1-8(2)16(5-3-4-12)10(17)7-15-6-9(11(18)19)13-14-15/h6,8H,3,5,7H2,1-2H3,(H,18,19). The van der Waals surface area contributed by atoms with Crippen molar-refractivity contribution in [2.75, 3.05) is 6.54 Å². The van der Waals surface area contributed by atoms with Crippen LogP contribution >= 0.6 is 0 Å². The van der Waals surface area contributed by atoms with Crippen LogP contribution in [0.2, 0.25) is 0 Å². The molecule has 1 heterocycles. The maximum Gasteiger partial charge on any atom is 0.358 e. The lowest BCUT2D eigenvalue weighted by atomic mass is 10.3. The van der Waals surface area contributed by atoms with Crippen LogP contribution in [0.3, 0.4) is 0 Å². The predicted molar refractivity (Wildman–Crippen MR) is 64.1 cm³/mol. The summed E-state index contributed by atoms with van der Waals surface area (Å²) in [5, 5.41) is 24.2. The molecule has 1 amide bonds. The Morgan fingerprint density at radius 1 is 1.58 bits per heavy atom. The van der Waals surface area contributed by atoms with Gasteiger partial charge >= 0.3 is 5.97 Å². The van der Waals surface area contributed by atoms with Gasteiger partial charge < -0.3 is 10.0 Å². The lowest BCUT2D eigenvalue weighted by molar-refractivity contribution is -0.133. The Balaban J connectivity index is 2.70. The zero-order chi connectivity index (χ0) is 14.4. The number of hydrogen-bond donors (Lipinski definition) is 1. The fourth-order valence-corrected chi connectivity index (χ4v) is 1.54. The summed E-state index contributed by atoms with van der Waals surface area (Å²) in [6.45, 7) is 3.94. The summed E-state index contributed by atoms with van der Waals surface area (Å²) >= 11 is 0. The fourth-order valence-electron chi connectivity index (χ4n) is 1.54. The maximum atomic E-state index is 12.0. The van der Waals surface area contributed by atoms with Crippen molar-refractivity contribution in [3.8, 4) is 6.07 Å². The first-order valence-electron chi connectivity index (χ1n) is 5.75. The fraction of sp³-hybridized carbons (Fsp3) is 0.545. The van der Waals surface area contributed by atoms with E-state index in [-0.39, 0.29) is 30.6 Å². The molecule has 8 nitrogen and oxygen atoms in total. The van der Waals surface area contributed by atoms with Crippen LogP contribution in [0.1, 0.15) is 30.8 Å². The van der Waals surface area contributed by atoms with E-state index >= 15 is 0 Å². The third-order valence-corrected chi connectivity index (χ3v) is 2.46. The quantitative estimate of drug-likeness (QED) is 0.782. The molecule has 19 heavy (non-hydrogen) atoms. The average Bonchev–Trinajstić information content (AvgIpc) is 2.77. The molecule has 8 heteroatoms. The Morgan fingerprint density at radius 3 is 2.74 bits per heavy atom. The average molecular weight is 265 g/mol. The molecule has 0 atom stereocenters. The van der Waals surface area contributed by atoms with E-state index in [1.54, 1.807) is 4.90 Å². The van der Waals surface area contributed by atoms with Crippen molar-refractivity contribution in [2.45, 2.75) is 32.9 Å². The van der Waals surface area contributed by atoms with Crippen LogP contribution in [0.5, 0.6) is 0 Å². The number of rotatable bonds is 6. The van der Waals surface area contributed by atoms with E-state index in [1.807, 2.05) is 19.9 Å². The lowest BCUT2D eigenvalue weighted by Crippen LogP contribution is -2.39. The molecular formula is C11H15N5O3. The van der Waals surface area contributed by atoms with E-state index in [1.165, 1.54) is 10.9 Å². The van der Waals surface area contributed by atoms with Crippen LogP contribution in [0.25, 0.3) is 0 Å². The number of aromatic nitrogens is 3. The zero-order valence-electron chi connectivity index (χ0n) is 10.8. The van der Waals surface area contributed by atoms with Crippen molar-refractivity contribution in [1.82, 2.24) is 19.9 Å². The van der Waals surface area contributed by atoms with Gasteiger partial charge in [-0.1, -0.05) is 5.21 Å². The highest BCUT2D eigenvalue weighted by Gasteiger charge is 2.18. The molecule has 0 aliphatic carbocycles. The van der Waals surface area contributed by atoms with Gasteiger partial charge in [-0.3, -0.25) is 4.79 Å². The summed E-state index contributed by atoms with van der Waals surface area (Å²) in [5.41, 5.74) is -0.207. The number of aromatic carboxylic acids is 1. The smallest absolute Gasteiger partial charge is 0.358 e. The van der Waals surface area contributed by atoms with Crippen molar-refractivity contribution < 1.29 is 14.7 Å². The molecular weight excluding hydrogens is 250 g/mol. The van der Waals surface area contributed by atoms with Crippen LogP contribution in [-0.2, 0) is 11.3 Å². The van der Waals surface area contributed by atoms with Gasteiger partial charge in [-0.25, -0.2) is 9.48 Å². The van der Waals surface area contributed by atoms with E-state index in [9.17, 15) is 9.59 Å². The number of amides is 1. The molecule has 0 bridgehead atoms. The van der Waals surface area contributed by atoms with E-state index in [0.717, 1.165) is 0 Å². The minimum Gasteiger partial charge on any atom is -0.476 e. The van der Waals surface area contributed by atoms with Crippen LogP contribution in [-0.4, -0.2) is 49.5 Å². The normalized spacial score (nSPS) is 10.2. The van der Waals surface area contributed by atoms with Crippen molar-refractivity contribution in [1.29, 1.82) is 5.26 Å². The number of hydrogen-bond acceptors (Lipinski definition) is 5. The Bertz CT molecular complexity index is 503. The van der Waals surface area contributed by atoms with E-state index in [2.05, 4.69) is 10.3 Å². The molecule has 0 aliphatic rings. The monoisotopic (exact) mass is 265 g/mol. The second kappa shape index (κ2) is 6.49. The summed E-state index contributed by atoms with van der Waals surface area (Å²) in [6.07, 6.45) is 1.45. The van der Waals surface area contributed by atoms with Gasteiger partial charge in [-0.2, -0.15) is 5.26 Å². The summed E-state index contributed by atoms with van der Waals surface area (Å²) in [4.78, 5) is 24.2. The molecule has 1 aromatic heterocycles. The van der Waals surface area contributed by atoms with Gasteiger partial charge in [0.25, 0.3) is 0 Å². The SMILES string of the molecule is CC(C)N(CCC#N)C(=O)Cn1cc(C(=O)O)nn1. The third-order valence-electron chi connectivity index (χ3n) is 2.46. The molecule has 0 unspecified atom stereocenters. The molecule has 0 saturated heterocycles. The number of nitrogens with zero attached hydrogens (tertiary/aromatic N) is 5. The lowest BCUT2D eigenvalue weighted by Gasteiger charge is -2.25. The molecule has 0 radical (unpaired) electrons. The molecule has 0 aromatic carbocycles. The number of carbonyl (C=O) groups is 2. The first kappa shape index (κ1) is 14.6. The maximum absolute atomic E-state index is 12.0. The molecule has 0 saturated carbocycles. The topological polar surface area (TPSA) is 112 Å². The molecule has 1 N–H and O–H groups in total. The third kappa shape index (κ3) is 4.06. The van der Waals surface area contributed by atoms with E-state index < -0.39 is 5.97 Å². The van der Waals surface area contributed by atoms with Crippen LogP contribution in [0.15, 0.2) is 6.20 Å². The highest BCUT2D eigenvalue weighted by atomic mass is 16.4. The molecule has 1 rings (SSSR count). The highest BCUT2D eigenvalue weighted by Crippen LogP contribution is 2.03. The second-order valence-electron chi connectivity index (χ2n) is 4.20. The van der Waals surface area contributed by atoms with Gasteiger partial charge in [0.2, 0.25) is 5.91 Å². The Kier molecular flexibility index (Phi) is 5.00. The number of nitriles is 1. The number of carboxylic acid groups (broad SMARTS) is 1. The predicted octanol–water partition coefficient (Wildman–Crippen LogP) is 0.127. The van der Waals surface area contributed by atoms with Crippen molar-refractivity contribution in [3.63, 3.8) is 0 Å². The number of carboxylic acids is 1. The van der Waals surface area contributed by atoms with Gasteiger partial charge in [0.05, 0.1) is 18.7 Å². The Morgan fingerprint density at radius 2 is 2.26 bits per heavy atom. The van der Waals surface area contributed by atoms with Crippen LogP contribution in [0.4, 0.5) is 0 Å². The Hall–Kier alpha value is -2.43. The van der Waals surface area contributed by atoms with E-state index in [4.69, 9.17) is 10.4 Å². The summed E-state index contributed by atoms with van der Waals surface area (Å²) in [5.74, 6) is -1.42. The van der Waals surface area contributed by atoms with Gasteiger partial charge in [-0.05, 0) is 13.8 Å². The van der Waals surface area contributed by atoms with Crippen LogP contribution in [0, 0.1) is 11.3 Å². The second-order valence-corrected chi connectivity index (χ2v) is 4.20. The highest BCUT2D eigenvalue weighted by molar-refractivity contribution is 5.84. The first-order valence-corrected chi connectivity index (χ1v) is 5.75. The molecule has 0 fully saturated rings. The zero-order valence-corrected chi connectivity index (χ0v) is 10.8. The molecule has 0 aliphatic heterocycles. The minimum atomic E-state index is -1.19. The number of carbonyl (C=O) groups excluding carboxylic acids is 1. The minimum absolute atomic E-state index is 0.0386. The molecule has 0 spiro atoms.